The van der Waals surface area contributed by atoms with Gasteiger partial charge in [0.05, 0.1) is 18.1 Å². The van der Waals surface area contributed by atoms with Crippen molar-refractivity contribution >= 4 is 33.1 Å². The quantitative estimate of drug-likeness (QED) is 0.805. The summed E-state index contributed by atoms with van der Waals surface area (Å²) in [5.74, 6) is 0. The van der Waals surface area contributed by atoms with E-state index in [1.54, 1.807) is 23.1 Å². The summed E-state index contributed by atoms with van der Waals surface area (Å²) in [5, 5.41) is 2.94. The van der Waals surface area contributed by atoms with Gasteiger partial charge in [0.25, 0.3) is 0 Å². The van der Waals surface area contributed by atoms with Crippen molar-refractivity contribution < 1.29 is 17.9 Å². The molecule has 2 amide bonds. The van der Waals surface area contributed by atoms with Gasteiger partial charge in [0, 0.05) is 50.8 Å². The number of urea groups is 1. The number of carbonyl (C=O) groups is 1. The van der Waals surface area contributed by atoms with Crippen LogP contribution in [0.25, 0.3) is 0 Å². The topological polar surface area (TPSA) is 82.2 Å². The summed E-state index contributed by atoms with van der Waals surface area (Å²) in [6.07, 6.45) is 0.621. The molecule has 1 saturated heterocycles. The number of benzene rings is 2. The van der Waals surface area contributed by atoms with E-state index in [0.717, 1.165) is 48.9 Å². The Bertz CT molecular complexity index is 1030. The number of hydrogen-bond acceptors (Lipinski definition) is 5. The van der Waals surface area contributed by atoms with Crippen molar-refractivity contribution in [3.05, 3.63) is 48.0 Å². The van der Waals surface area contributed by atoms with Gasteiger partial charge in [-0.25, -0.2) is 17.5 Å². The summed E-state index contributed by atoms with van der Waals surface area (Å²) in [4.78, 5) is 17.0. The number of amides is 2. The van der Waals surface area contributed by atoms with Crippen LogP contribution in [0.15, 0.2) is 47.4 Å². The van der Waals surface area contributed by atoms with Gasteiger partial charge in [-0.3, -0.25) is 4.90 Å². The van der Waals surface area contributed by atoms with Crippen LogP contribution in [-0.4, -0.2) is 65.7 Å². The van der Waals surface area contributed by atoms with E-state index in [2.05, 4.69) is 10.2 Å². The number of carbonyl (C=O) groups excluding carboxylic acids is 1. The Hall–Kier alpha value is -2.62. The van der Waals surface area contributed by atoms with E-state index in [1.807, 2.05) is 24.3 Å². The molecule has 2 aliphatic heterocycles. The van der Waals surface area contributed by atoms with Crippen LogP contribution in [0.4, 0.5) is 21.9 Å². The molecular formula is C21H26N4O4S. The minimum atomic E-state index is -3.50. The van der Waals surface area contributed by atoms with Gasteiger partial charge in [-0.15, -0.1) is 0 Å². The summed E-state index contributed by atoms with van der Waals surface area (Å²) < 4.78 is 31.3. The predicted molar refractivity (Wildman–Crippen MR) is 117 cm³/mol. The molecule has 2 aromatic carbocycles. The fourth-order valence-corrected chi connectivity index (χ4v) is 4.68. The van der Waals surface area contributed by atoms with Crippen LogP contribution in [0.2, 0.25) is 0 Å². The molecule has 8 nitrogen and oxygen atoms in total. The Morgan fingerprint density at radius 1 is 1.03 bits per heavy atom. The van der Waals surface area contributed by atoms with Crippen molar-refractivity contribution in [3.8, 4) is 0 Å². The molecule has 0 spiro atoms. The molecule has 2 heterocycles. The Labute approximate surface area is 177 Å². The lowest BCUT2D eigenvalue weighted by molar-refractivity contribution is 0.122. The molecule has 30 heavy (non-hydrogen) atoms. The zero-order chi connectivity index (χ0) is 21.3. The van der Waals surface area contributed by atoms with Gasteiger partial charge < -0.3 is 15.0 Å². The van der Waals surface area contributed by atoms with Gasteiger partial charge >= 0.3 is 6.03 Å². The lowest BCUT2D eigenvalue weighted by Crippen LogP contribution is -2.36. The summed E-state index contributed by atoms with van der Waals surface area (Å²) in [6, 6.07) is 12.5. The molecule has 2 aliphatic rings. The molecule has 2 aromatic rings. The highest BCUT2D eigenvalue weighted by molar-refractivity contribution is 7.89. The Kier molecular flexibility index (Phi) is 5.68. The van der Waals surface area contributed by atoms with Gasteiger partial charge in [0.15, 0.2) is 0 Å². The highest BCUT2D eigenvalue weighted by atomic mass is 32.2. The summed E-state index contributed by atoms with van der Waals surface area (Å²) in [5.41, 5.74) is 3.43. The van der Waals surface area contributed by atoms with Crippen molar-refractivity contribution in [3.63, 3.8) is 0 Å². The van der Waals surface area contributed by atoms with Crippen molar-refractivity contribution in [2.45, 2.75) is 11.3 Å². The molecule has 9 heteroatoms. The summed E-state index contributed by atoms with van der Waals surface area (Å²) in [7, 11) is -0.483. The number of anilines is 3. The highest BCUT2D eigenvalue weighted by Crippen LogP contribution is 2.31. The molecule has 0 saturated carbocycles. The number of rotatable bonds is 4. The second kappa shape index (κ2) is 8.25. The first kappa shape index (κ1) is 20.6. The average Bonchev–Trinajstić information content (AvgIpc) is 3.18. The van der Waals surface area contributed by atoms with Gasteiger partial charge in [-0.05, 0) is 54.4 Å². The minimum Gasteiger partial charge on any atom is -0.378 e. The molecular weight excluding hydrogens is 404 g/mol. The van der Waals surface area contributed by atoms with E-state index in [0.29, 0.717) is 13.0 Å². The van der Waals surface area contributed by atoms with Crippen LogP contribution in [0.1, 0.15) is 5.56 Å². The molecule has 0 radical (unpaired) electrons. The van der Waals surface area contributed by atoms with Gasteiger partial charge in [0.2, 0.25) is 10.0 Å². The van der Waals surface area contributed by atoms with Gasteiger partial charge in [0.1, 0.15) is 0 Å². The number of nitrogens with zero attached hydrogens (tertiary/aromatic N) is 3. The molecule has 4 rings (SSSR count). The minimum absolute atomic E-state index is 0.226. The van der Waals surface area contributed by atoms with E-state index in [1.165, 1.54) is 18.4 Å². The molecule has 0 aromatic heterocycles. The summed E-state index contributed by atoms with van der Waals surface area (Å²) >= 11 is 0. The van der Waals surface area contributed by atoms with Crippen LogP contribution in [0, 0.1) is 0 Å². The largest absolute Gasteiger partial charge is 0.378 e. The smallest absolute Gasteiger partial charge is 0.326 e. The van der Waals surface area contributed by atoms with Crippen LogP contribution in [-0.2, 0) is 21.2 Å². The first-order valence-corrected chi connectivity index (χ1v) is 11.4. The number of fused-ring (bicyclic) bond motifs is 1. The number of morpholine rings is 1. The Balaban J connectivity index is 1.45. The fourth-order valence-electron chi connectivity index (χ4n) is 3.73. The highest BCUT2D eigenvalue weighted by Gasteiger charge is 2.27. The predicted octanol–water partition coefficient (Wildman–Crippen LogP) is 2.37. The van der Waals surface area contributed by atoms with Gasteiger partial charge in [-0.1, -0.05) is 0 Å². The standard InChI is InChI=1S/C21H26N4O4S/c1-23(2)30(27,28)19-7-8-20-16(15-19)9-10-25(20)21(26)22-17-3-5-18(6-4-17)24-11-13-29-14-12-24/h3-8,15H,9-14H2,1-2H3,(H,22,26). The van der Waals surface area contributed by atoms with Crippen molar-refractivity contribution in [2.75, 3.05) is 62.1 Å². The first-order chi connectivity index (χ1) is 14.4. The summed E-state index contributed by atoms with van der Waals surface area (Å²) in [6.45, 7) is 3.69. The van der Waals surface area contributed by atoms with Gasteiger partial charge in [-0.2, -0.15) is 0 Å². The third-order valence-electron chi connectivity index (χ3n) is 5.47. The molecule has 1 fully saturated rings. The molecule has 0 atom stereocenters. The maximum atomic E-state index is 12.8. The zero-order valence-electron chi connectivity index (χ0n) is 17.2. The molecule has 1 N–H and O–H groups in total. The third kappa shape index (κ3) is 4.00. The zero-order valence-corrected chi connectivity index (χ0v) is 18.0. The van der Waals surface area contributed by atoms with E-state index in [4.69, 9.17) is 4.74 Å². The Morgan fingerprint density at radius 2 is 1.73 bits per heavy atom. The number of sulfonamides is 1. The van der Waals surface area contributed by atoms with Crippen LogP contribution < -0.4 is 15.1 Å². The number of ether oxygens (including phenoxy) is 1. The van der Waals surface area contributed by atoms with E-state index in [-0.39, 0.29) is 10.9 Å². The van der Waals surface area contributed by atoms with Crippen molar-refractivity contribution in [1.82, 2.24) is 4.31 Å². The monoisotopic (exact) mass is 430 g/mol. The number of hydrogen-bond donors (Lipinski definition) is 1. The molecule has 0 aliphatic carbocycles. The molecule has 0 bridgehead atoms. The molecule has 160 valence electrons. The second-order valence-corrected chi connectivity index (χ2v) is 9.71. The number of nitrogens with one attached hydrogen (secondary N) is 1. The maximum Gasteiger partial charge on any atom is 0.326 e. The van der Waals surface area contributed by atoms with Crippen molar-refractivity contribution in [2.24, 2.45) is 0 Å². The molecule has 0 unspecified atom stereocenters. The lowest BCUT2D eigenvalue weighted by atomic mass is 10.2. The van der Waals surface area contributed by atoms with Crippen LogP contribution in [0.5, 0.6) is 0 Å². The fraction of sp³-hybridized carbons (Fsp3) is 0.381. The normalized spacial score (nSPS) is 16.6. The van der Waals surface area contributed by atoms with Crippen molar-refractivity contribution in [1.29, 1.82) is 0 Å². The SMILES string of the molecule is CN(C)S(=O)(=O)c1ccc2c(c1)CCN2C(=O)Nc1ccc(N2CCOCC2)cc1. The van der Waals surface area contributed by atoms with Crippen LogP contribution >= 0.6 is 0 Å². The average molecular weight is 431 g/mol. The Morgan fingerprint density at radius 3 is 2.40 bits per heavy atom. The van der Waals surface area contributed by atoms with E-state index >= 15 is 0 Å². The second-order valence-electron chi connectivity index (χ2n) is 7.56. The van der Waals surface area contributed by atoms with Crippen LogP contribution in [0.3, 0.4) is 0 Å². The first-order valence-electron chi connectivity index (χ1n) is 9.93. The lowest BCUT2D eigenvalue weighted by Gasteiger charge is -2.29. The maximum absolute atomic E-state index is 12.8. The third-order valence-corrected chi connectivity index (χ3v) is 7.28. The van der Waals surface area contributed by atoms with E-state index in [9.17, 15) is 13.2 Å². The van der Waals surface area contributed by atoms with E-state index < -0.39 is 10.0 Å².